The molecule has 0 atom stereocenters. The van der Waals surface area contributed by atoms with Gasteiger partial charge in [-0.2, -0.15) is 0 Å². The number of benzene rings is 1. The summed E-state index contributed by atoms with van der Waals surface area (Å²) in [5.74, 6) is 0. The van der Waals surface area contributed by atoms with Gasteiger partial charge in [0.05, 0.1) is 5.69 Å². The number of hydrogen-bond donors (Lipinski definition) is 1. The number of nitrogens with one attached hydrogen (secondary N) is 1. The minimum absolute atomic E-state index is 0.572. The minimum atomic E-state index is 0.572. The third-order valence-electron chi connectivity index (χ3n) is 4.36. The second-order valence-corrected chi connectivity index (χ2v) is 6.46. The van der Waals surface area contributed by atoms with Gasteiger partial charge >= 0.3 is 0 Å². The lowest BCUT2D eigenvalue weighted by molar-refractivity contribution is 0.242. The largest absolute Gasteiger partial charge is 0.334 e. The normalized spacial score (nSPS) is 14.3. The van der Waals surface area contributed by atoms with Crippen molar-refractivity contribution in [3.63, 3.8) is 0 Å². The molecule has 0 spiro atoms. The molecule has 1 aromatic carbocycles. The van der Waals surface area contributed by atoms with Crippen LogP contribution < -0.4 is 0 Å². The van der Waals surface area contributed by atoms with E-state index in [1.165, 1.54) is 16.8 Å². The van der Waals surface area contributed by atoms with E-state index < -0.39 is 0 Å². The number of hydrogen-bond acceptors (Lipinski definition) is 4. The molecule has 0 saturated carbocycles. The topological polar surface area (TPSA) is 44.8 Å². The first-order valence-corrected chi connectivity index (χ1v) is 8.48. The van der Waals surface area contributed by atoms with Crippen LogP contribution in [0.2, 0.25) is 0 Å². The van der Waals surface area contributed by atoms with Crippen LogP contribution in [0.4, 0.5) is 0 Å². The lowest BCUT2D eigenvalue weighted by Gasteiger charge is -2.28. The van der Waals surface area contributed by atoms with Crippen LogP contribution in [0.25, 0.3) is 11.3 Å². The molecule has 1 aliphatic rings. The second-order valence-electron chi connectivity index (χ2n) is 6.07. The van der Waals surface area contributed by atoms with E-state index in [0.717, 1.165) is 37.3 Å². The average Bonchev–Trinajstić information content (AvgIpc) is 2.63. The monoisotopic (exact) mass is 334 g/mol. The summed E-state index contributed by atoms with van der Waals surface area (Å²) in [5.41, 5.74) is 5.86. The molecule has 3 aromatic rings. The van der Waals surface area contributed by atoms with E-state index >= 15 is 0 Å². The first-order valence-electron chi connectivity index (χ1n) is 8.08. The van der Waals surface area contributed by atoms with Gasteiger partial charge in [-0.15, -0.1) is 0 Å². The molecule has 2 aromatic heterocycles. The molecule has 0 saturated heterocycles. The van der Waals surface area contributed by atoms with Crippen LogP contribution in [-0.2, 0) is 19.5 Å². The molecule has 0 fully saturated rings. The Morgan fingerprint density at radius 3 is 2.71 bits per heavy atom. The molecule has 24 heavy (non-hydrogen) atoms. The summed E-state index contributed by atoms with van der Waals surface area (Å²) in [5, 5.41) is 0. The summed E-state index contributed by atoms with van der Waals surface area (Å²) < 4.78 is 0.572. The number of aromatic amines is 1. The number of H-pyrrole nitrogens is 1. The van der Waals surface area contributed by atoms with E-state index in [-0.39, 0.29) is 0 Å². The SMILES string of the molecule is S=c1ncc2c([nH]1)CCN(Cc1ccc(-c3ccccc3)nc1)C2. The maximum atomic E-state index is 5.10. The summed E-state index contributed by atoms with van der Waals surface area (Å²) >= 11 is 5.10. The highest BCUT2D eigenvalue weighted by atomic mass is 32.1. The number of rotatable bonds is 3. The Morgan fingerprint density at radius 1 is 1.04 bits per heavy atom. The van der Waals surface area contributed by atoms with Gasteiger partial charge in [0.25, 0.3) is 0 Å². The zero-order valence-corrected chi connectivity index (χ0v) is 14.1. The second kappa shape index (κ2) is 6.63. The summed E-state index contributed by atoms with van der Waals surface area (Å²) in [6.45, 7) is 2.81. The fraction of sp³-hybridized carbons (Fsp3) is 0.211. The van der Waals surface area contributed by atoms with Crippen LogP contribution in [0.5, 0.6) is 0 Å². The molecule has 1 aliphatic heterocycles. The number of aromatic nitrogens is 3. The molecule has 0 amide bonds. The predicted octanol–water partition coefficient (Wildman–Crippen LogP) is 3.76. The van der Waals surface area contributed by atoms with Crippen molar-refractivity contribution in [1.29, 1.82) is 0 Å². The van der Waals surface area contributed by atoms with Crippen LogP contribution in [0.15, 0.2) is 54.9 Å². The van der Waals surface area contributed by atoms with Crippen LogP contribution in [0, 0.1) is 4.77 Å². The van der Waals surface area contributed by atoms with Gasteiger partial charge in [-0.25, -0.2) is 4.98 Å². The average molecular weight is 334 g/mol. The van der Waals surface area contributed by atoms with E-state index in [1.54, 1.807) is 0 Å². The van der Waals surface area contributed by atoms with Gasteiger partial charge in [-0.1, -0.05) is 36.4 Å². The van der Waals surface area contributed by atoms with E-state index in [0.29, 0.717) is 4.77 Å². The summed E-state index contributed by atoms with van der Waals surface area (Å²) in [4.78, 5) is 14.4. The fourth-order valence-electron chi connectivity index (χ4n) is 3.10. The van der Waals surface area contributed by atoms with Crippen molar-refractivity contribution in [3.05, 3.63) is 76.5 Å². The molecule has 4 rings (SSSR count). The molecule has 5 heteroatoms. The Bertz CT molecular complexity index is 887. The highest BCUT2D eigenvalue weighted by molar-refractivity contribution is 7.71. The molecular formula is C19H18N4S. The molecule has 0 radical (unpaired) electrons. The molecule has 4 nitrogen and oxygen atoms in total. The van der Waals surface area contributed by atoms with Gasteiger partial charge in [-0.3, -0.25) is 9.88 Å². The summed E-state index contributed by atoms with van der Waals surface area (Å²) in [7, 11) is 0. The zero-order valence-electron chi connectivity index (χ0n) is 13.3. The van der Waals surface area contributed by atoms with Crippen molar-refractivity contribution >= 4 is 12.2 Å². The van der Waals surface area contributed by atoms with Crippen LogP contribution in [0.1, 0.15) is 16.8 Å². The first-order chi connectivity index (χ1) is 11.8. The molecular weight excluding hydrogens is 316 g/mol. The molecule has 3 heterocycles. The summed E-state index contributed by atoms with van der Waals surface area (Å²) in [6.07, 6.45) is 4.86. The van der Waals surface area contributed by atoms with E-state index in [2.05, 4.69) is 44.1 Å². The predicted molar refractivity (Wildman–Crippen MR) is 96.9 cm³/mol. The maximum Gasteiger partial charge on any atom is 0.196 e. The summed E-state index contributed by atoms with van der Waals surface area (Å²) in [6, 6.07) is 14.5. The smallest absolute Gasteiger partial charge is 0.196 e. The third-order valence-corrected chi connectivity index (χ3v) is 4.56. The van der Waals surface area contributed by atoms with Crippen molar-refractivity contribution in [1.82, 2.24) is 19.9 Å². The quantitative estimate of drug-likeness (QED) is 0.741. The highest BCUT2D eigenvalue weighted by Gasteiger charge is 2.17. The van der Waals surface area contributed by atoms with Crippen molar-refractivity contribution < 1.29 is 0 Å². The standard InChI is InChI=1S/C19H18N4S/c24-19-21-11-16-13-23(9-8-18(16)22-19)12-14-6-7-17(20-10-14)15-4-2-1-3-5-15/h1-7,10-11H,8-9,12-13H2,(H,21,22,24). The zero-order chi connectivity index (χ0) is 16.4. The first kappa shape index (κ1) is 15.2. The maximum absolute atomic E-state index is 5.10. The van der Waals surface area contributed by atoms with Gasteiger partial charge < -0.3 is 4.98 Å². The number of fused-ring (bicyclic) bond motifs is 1. The van der Waals surface area contributed by atoms with Gasteiger partial charge in [0.1, 0.15) is 0 Å². The number of nitrogens with zero attached hydrogens (tertiary/aromatic N) is 3. The van der Waals surface area contributed by atoms with Crippen molar-refractivity contribution in [2.45, 2.75) is 19.5 Å². The van der Waals surface area contributed by atoms with Crippen molar-refractivity contribution in [2.24, 2.45) is 0 Å². The van der Waals surface area contributed by atoms with Gasteiger partial charge in [0.15, 0.2) is 4.77 Å². The Hall–Kier alpha value is -2.37. The van der Waals surface area contributed by atoms with Gasteiger partial charge in [-0.05, 0) is 23.8 Å². The van der Waals surface area contributed by atoms with Crippen LogP contribution >= 0.6 is 12.2 Å². The van der Waals surface area contributed by atoms with E-state index in [1.807, 2.05) is 30.6 Å². The van der Waals surface area contributed by atoms with Crippen LogP contribution in [0.3, 0.4) is 0 Å². The van der Waals surface area contributed by atoms with Gasteiger partial charge in [0, 0.05) is 55.3 Å². The minimum Gasteiger partial charge on any atom is -0.334 e. The van der Waals surface area contributed by atoms with Crippen molar-refractivity contribution in [2.75, 3.05) is 6.54 Å². The Kier molecular flexibility index (Phi) is 4.19. The molecule has 0 bridgehead atoms. The molecule has 1 N–H and O–H groups in total. The lowest BCUT2D eigenvalue weighted by Crippen LogP contribution is -2.30. The third kappa shape index (κ3) is 3.27. The lowest BCUT2D eigenvalue weighted by atomic mass is 10.1. The molecule has 0 aliphatic carbocycles. The Morgan fingerprint density at radius 2 is 1.92 bits per heavy atom. The molecule has 0 unspecified atom stereocenters. The van der Waals surface area contributed by atoms with E-state index in [4.69, 9.17) is 12.2 Å². The highest BCUT2D eigenvalue weighted by Crippen LogP contribution is 2.20. The van der Waals surface area contributed by atoms with E-state index in [9.17, 15) is 0 Å². The Labute approximate surface area is 146 Å². The van der Waals surface area contributed by atoms with Gasteiger partial charge in [0.2, 0.25) is 0 Å². The van der Waals surface area contributed by atoms with Crippen molar-refractivity contribution in [3.8, 4) is 11.3 Å². The molecule has 120 valence electrons. The fourth-order valence-corrected chi connectivity index (χ4v) is 3.27. The number of pyridine rings is 1. The Balaban J connectivity index is 1.46. The van der Waals surface area contributed by atoms with Crippen LogP contribution in [-0.4, -0.2) is 26.4 Å².